The van der Waals surface area contributed by atoms with E-state index in [2.05, 4.69) is 24.1 Å². The van der Waals surface area contributed by atoms with Crippen LogP contribution in [-0.4, -0.2) is 49.0 Å². The third-order valence-electron chi connectivity index (χ3n) is 2.58. The first-order valence-corrected chi connectivity index (χ1v) is 8.22. The Bertz CT molecular complexity index is 143. The molecule has 0 bridgehead atoms. The Labute approximate surface area is 95.0 Å². The number of nitrogens with one attached hydrogen (secondary N) is 2. The van der Waals surface area contributed by atoms with E-state index < -0.39 is 8.56 Å². The summed E-state index contributed by atoms with van der Waals surface area (Å²) in [5.41, 5.74) is 0. The fraction of sp³-hybridized carbons (Fsp3) is 1.00. The van der Waals surface area contributed by atoms with Crippen molar-refractivity contribution in [1.29, 1.82) is 0 Å². The second-order valence-electron chi connectivity index (χ2n) is 3.75. The molecule has 0 aromatic carbocycles. The normalized spacial score (nSPS) is 12.0. The molecule has 0 heterocycles. The molecule has 0 radical (unpaired) electrons. The molecule has 0 aromatic heterocycles. The van der Waals surface area contributed by atoms with Crippen molar-refractivity contribution >= 4 is 8.56 Å². The summed E-state index contributed by atoms with van der Waals surface area (Å²) < 4.78 is 10.8. The maximum Gasteiger partial charge on any atom is 0.334 e. The van der Waals surface area contributed by atoms with Gasteiger partial charge in [0.15, 0.2) is 0 Å². The molecule has 4 nitrogen and oxygen atoms in total. The van der Waals surface area contributed by atoms with Gasteiger partial charge in [0.05, 0.1) is 0 Å². The van der Waals surface area contributed by atoms with Gasteiger partial charge in [0, 0.05) is 27.3 Å². The van der Waals surface area contributed by atoms with Gasteiger partial charge in [-0.2, -0.15) is 0 Å². The van der Waals surface area contributed by atoms with Gasteiger partial charge in [-0.25, -0.2) is 0 Å². The van der Waals surface area contributed by atoms with Crippen molar-refractivity contribution in [2.45, 2.75) is 25.9 Å². The minimum Gasteiger partial charge on any atom is -0.398 e. The molecule has 2 N–H and O–H groups in total. The zero-order chi connectivity index (χ0) is 11.6. The maximum absolute atomic E-state index is 5.41. The molecule has 0 unspecified atom stereocenters. The van der Waals surface area contributed by atoms with Crippen molar-refractivity contribution < 1.29 is 8.85 Å². The largest absolute Gasteiger partial charge is 0.398 e. The highest BCUT2D eigenvalue weighted by Crippen LogP contribution is 2.12. The lowest BCUT2D eigenvalue weighted by molar-refractivity contribution is 0.248. The number of hydrogen-bond acceptors (Lipinski definition) is 4. The number of hydrogen-bond donors (Lipinski definition) is 2. The Hall–Kier alpha value is 0.0569. The fourth-order valence-electron chi connectivity index (χ4n) is 1.30. The summed E-state index contributed by atoms with van der Waals surface area (Å²) >= 11 is 0. The molecule has 0 atom stereocenters. The van der Waals surface area contributed by atoms with Gasteiger partial charge in [-0.1, -0.05) is 6.92 Å². The van der Waals surface area contributed by atoms with Crippen LogP contribution in [-0.2, 0) is 8.85 Å². The molecule has 0 aliphatic rings. The van der Waals surface area contributed by atoms with Gasteiger partial charge in [-0.3, -0.25) is 0 Å². The molecule has 5 heteroatoms. The van der Waals surface area contributed by atoms with Crippen LogP contribution < -0.4 is 10.6 Å². The first-order chi connectivity index (χ1) is 7.18. The highest BCUT2D eigenvalue weighted by atomic mass is 28.4. The zero-order valence-corrected chi connectivity index (χ0v) is 11.6. The van der Waals surface area contributed by atoms with E-state index in [-0.39, 0.29) is 0 Å². The topological polar surface area (TPSA) is 42.5 Å². The summed E-state index contributed by atoms with van der Waals surface area (Å²) in [5, 5.41) is 6.66. The van der Waals surface area contributed by atoms with Crippen molar-refractivity contribution in [3.05, 3.63) is 0 Å². The molecule has 0 aliphatic carbocycles. The molecule has 0 amide bonds. The van der Waals surface area contributed by atoms with E-state index in [1.165, 1.54) is 0 Å². The van der Waals surface area contributed by atoms with Gasteiger partial charge in [0.2, 0.25) is 0 Å². The second kappa shape index (κ2) is 9.29. The summed E-state index contributed by atoms with van der Waals surface area (Å²) in [6.45, 7) is 8.38. The summed E-state index contributed by atoms with van der Waals surface area (Å²) in [6, 6.07) is 1.05. The van der Waals surface area contributed by atoms with Crippen LogP contribution in [0.4, 0.5) is 0 Å². The lowest BCUT2D eigenvalue weighted by atomic mass is 10.4. The molecule has 0 spiro atoms. The Morgan fingerprint density at radius 1 is 1.00 bits per heavy atom. The Kier molecular flexibility index (Phi) is 9.33. The van der Waals surface area contributed by atoms with Gasteiger partial charge in [0.25, 0.3) is 0 Å². The van der Waals surface area contributed by atoms with Gasteiger partial charge in [-0.15, -0.1) is 0 Å². The Morgan fingerprint density at radius 3 is 2.13 bits per heavy atom. The third-order valence-corrected chi connectivity index (χ3v) is 5.57. The van der Waals surface area contributed by atoms with Gasteiger partial charge < -0.3 is 19.5 Å². The van der Waals surface area contributed by atoms with Crippen LogP contribution in [0.2, 0.25) is 12.6 Å². The Morgan fingerprint density at radius 2 is 1.60 bits per heavy atom. The smallest absolute Gasteiger partial charge is 0.334 e. The summed E-state index contributed by atoms with van der Waals surface area (Å²) in [4.78, 5) is 0. The zero-order valence-electron chi connectivity index (χ0n) is 10.6. The van der Waals surface area contributed by atoms with Crippen molar-refractivity contribution in [2.75, 3.05) is 40.4 Å². The molecular formula is C10H26N2O2Si. The van der Waals surface area contributed by atoms with Crippen LogP contribution >= 0.6 is 0 Å². The molecule has 0 saturated heterocycles. The van der Waals surface area contributed by atoms with Crippen LogP contribution in [0, 0.1) is 0 Å². The van der Waals surface area contributed by atoms with Crippen LogP contribution in [0.15, 0.2) is 0 Å². The van der Waals surface area contributed by atoms with E-state index in [0.29, 0.717) is 0 Å². The van der Waals surface area contributed by atoms with Crippen LogP contribution in [0.25, 0.3) is 0 Å². The van der Waals surface area contributed by atoms with Crippen molar-refractivity contribution in [3.63, 3.8) is 0 Å². The van der Waals surface area contributed by atoms with Crippen molar-refractivity contribution in [2.24, 2.45) is 0 Å². The average molecular weight is 234 g/mol. The first-order valence-electron chi connectivity index (χ1n) is 5.70. The first kappa shape index (κ1) is 15.1. The molecule has 0 aliphatic heterocycles. The molecule has 92 valence electrons. The minimum atomic E-state index is -1.83. The van der Waals surface area contributed by atoms with E-state index in [1.807, 2.05) is 0 Å². The van der Waals surface area contributed by atoms with Crippen LogP contribution in [0.3, 0.4) is 0 Å². The quantitative estimate of drug-likeness (QED) is 0.436. The Balaban J connectivity index is 3.29. The molecule has 15 heavy (non-hydrogen) atoms. The second-order valence-corrected chi connectivity index (χ2v) is 7.33. The monoisotopic (exact) mass is 234 g/mol. The molecule has 0 rings (SSSR count). The maximum atomic E-state index is 5.41. The van der Waals surface area contributed by atoms with E-state index in [1.54, 1.807) is 14.2 Å². The molecule has 0 fully saturated rings. The summed E-state index contributed by atoms with van der Waals surface area (Å²) in [7, 11) is 1.66. The number of likely N-dealkylation sites (N-methyl/N-ethyl adjacent to an activating group) is 1. The van der Waals surface area contributed by atoms with Crippen LogP contribution in [0.5, 0.6) is 0 Å². The summed E-state index contributed by atoms with van der Waals surface area (Å²) in [6.07, 6.45) is 1.12. The third kappa shape index (κ3) is 7.93. The standard InChI is InChI=1S/C10H26N2O2Si/c1-5-11-8-9-12-7-6-10-15(4,13-2)14-3/h11-12H,5-10H2,1-4H3. The lowest BCUT2D eigenvalue weighted by Gasteiger charge is -2.22. The van der Waals surface area contributed by atoms with Crippen LogP contribution in [0.1, 0.15) is 13.3 Å². The van der Waals surface area contributed by atoms with Gasteiger partial charge in [-0.05, 0) is 32.1 Å². The predicted octanol–water partition coefficient (Wildman–Crippen LogP) is 0.940. The van der Waals surface area contributed by atoms with E-state index in [9.17, 15) is 0 Å². The van der Waals surface area contributed by atoms with Gasteiger partial charge in [0.1, 0.15) is 0 Å². The van der Waals surface area contributed by atoms with Crippen molar-refractivity contribution in [3.8, 4) is 0 Å². The van der Waals surface area contributed by atoms with Crippen molar-refractivity contribution in [1.82, 2.24) is 10.6 Å². The fourth-order valence-corrected chi connectivity index (χ4v) is 2.69. The highest BCUT2D eigenvalue weighted by molar-refractivity contribution is 6.65. The SMILES string of the molecule is CCNCCNCCC[Si](C)(OC)OC. The van der Waals surface area contributed by atoms with E-state index in [0.717, 1.165) is 38.6 Å². The lowest BCUT2D eigenvalue weighted by Crippen LogP contribution is -2.37. The summed E-state index contributed by atoms with van der Waals surface area (Å²) in [5.74, 6) is 0. The molecular weight excluding hydrogens is 208 g/mol. The van der Waals surface area contributed by atoms with E-state index >= 15 is 0 Å². The highest BCUT2D eigenvalue weighted by Gasteiger charge is 2.27. The average Bonchev–Trinajstić information content (AvgIpc) is 2.27. The van der Waals surface area contributed by atoms with Gasteiger partial charge >= 0.3 is 8.56 Å². The molecule has 0 aromatic rings. The van der Waals surface area contributed by atoms with E-state index in [4.69, 9.17) is 8.85 Å². The minimum absolute atomic E-state index is 1.03. The number of rotatable bonds is 10. The predicted molar refractivity (Wildman–Crippen MR) is 66.5 cm³/mol. The molecule has 0 saturated carbocycles.